The summed E-state index contributed by atoms with van der Waals surface area (Å²) < 4.78 is 0. The number of aliphatic carboxylic acids is 1. The lowest BCUT2D eigenvalue weighted by Crippen LogP contribution is -2.40. The van der Waals surface area contributed by atoms with E-state index >= 15 is 0 Å². The van der Waals surface area contributed by atoms with Crippen molar-refractivity contribution >= 4 is 23.8 Å². The van der Waals surface area contributed by atoms with Gasteiger partial charge in [0.25, 0.3) is 11.8 Å². The number of unbranched alkanes of at least 4 members (excludes halogenated alkanes) is 1. The minimum Gasteiger partial charge on any atom is -0.481 e. The summed E-state index contributed by atoms with van der Waals surface area (Å²) in [5.74, 6) is -1.65. The molecule has 1 atom stereocenters. The lowest BCUT2D eigenvalue weighted by molar-refractivity contribution is -0.137. The minimum absolute atomic E-state index is 0.0680. The number of hydrogen-bond donors (Lipinski definition) is 4. The summed E-state index contributed by atoms with van der Waals surface area (Å²) in [5.41, 5.74) is -0.347. The molecule has 0 aliphatic carbocycles. The number of amides is 4. The van der Waals surface area contributed by atoms with Gasteiger partial charge in [0.05, 0.1) is 0 Å². The molecule has 1 saturated heterocycles. The highest BCUT2D eigenvalue weighted by atomic mass is 16.4. The first-order valence-electron chi connectivity index (χ1n) is 7.57. The molecule has 1 aromatic carbocycles. The van der Waals surface area contributed by atoms with Crippen molar-refractivity contribution in [3.63, 3.8) is 0 Å². The second-order valence-corrected chi connectivity index (χ2v) is 5.72. The van der Waals surface area contributed by atoms with E-state index in [0.717, 1.165) is 0 Å². The number of imide groups is 1. The highest BCUT2D eigenvalue weighted by Crippen LogP contribution is 2.25. The van der Waals surface area contributed by atoms with E-state index in [0.29, 0.717) is 30.5 Å². The highest BCUT2D eigenvalue weighted by molar-refractivity contribution is 6.07. The first-order chi connectivity index (χ1) is 11.3. The zero-order chi connectivity index (χ0) is 17.7. The molecule has 1 aliphatic rings. The number of benzene rings is 1. The van der Waals surface area contributed by atoms with Crippen molar-refractivity contribution in [2.75, 3.05) is 6.54 Å². The van der Waals surface area contributed by atoms with Crippen molar-refractivity contribution in [2.45, 2.75) is 31.7 Å². The Bertz CT molecular complexity index is 688. The molecule has 1 fully saturated rings. The third-order valence-electron chi connectivity index (χ3n) is 3.85. The summed E-state index contributed by atoms with van der Waals surface area (Å²) in [6, 6.07) is 5.88. The maximum atomic E-state index is 12.1. The fourth-order valence-corrected chi connectivity index (χ4v) is 2.42. The smallest absolute Gasteiger partial charge is 0.322 e. The Morgan fingerprint density at radius 2 is 2.00 bits per heavy atom. The molecule has 8 heteroatoms. The molecular formula is C16H19N3O5. The van der Waals surface area contributed by atoms with Crippen LogP contribution >= 0.6 is 0 Å². The van der Waals surface area contributed by atoms with E-state index in [9.17, 15) is 19.2 Å². The Morgan fingerprint density at radius 1 is 1.25 bits per heavy atom. The third kappa shape index (κ3) is 3.89. The average molecular weight is 333 g/mol. The summed E-state index contributed by atoms with van der Waals surface area (Å²) in [7, 11) is 0. The van der Waals surface area contributed by atoms with Gasteiger partial charge in [-0.2, -0.15) is 0 Å². The van der Waals surface area contributed by atoms with E-state index in [-0.39, 0.29) is 12.3 Å². The van der Waals surface area contributed by atoms with E-state index in [1.165, 1.54) is 0 Å². The number of urea groups is 1. The van der Waals surface area contributed by atoms with Crippen molar-refractivity contribution < 1.29 is 24.3 Å². The van der Waals surface area contributed by atoms with Gasteiger partial charge in [-0.25, -0.2) is 4.79 Å². The van der Waals surface area contributed by atoms with Crippen LogP contribution in [0.1, 0.15) is 42.1 Å². The van der Waals surface area contributed by atoms with Gasteiger partial charge >= 0.3 is 12.0 Å². The van der Waals surface area contributed by atoms with Crippen molar-refractivity contribution in [1.29, 1.82) is 0 Å². The number of rotatable bonds is 7. The second kappa shape index (κ2) is 7.12. The largest absolute Gasteiger partial charge is 0.481 e. The van der Waals surface area contributed by atoms with Crippen LogP contribution < -0.4 is 16.0 Å². The van der Waals surface area contributed by atoms with E-state index in [1.54, 1.807) is 31.2 Å². The SMILES string of the molecule is CC1(c2cccc(C(=O)NCCCCC(=O)O)c2)NC(=O)NC1=O. The molecule has 4 N–H and O–H groups in total. The van der Waals surface area contributed by atoms with E-state index in [1.807, 2.05) is 0 Å². The first kappa shape index (κ1) is 17.5. The van der Waals surface area contributed by atoms with E-state index in [2.05, 4.69) is 16.0 Å². The van der Waals surface area contributed by atoms with Gasteiger partial charge in [-0.3, -0.25) is 19.7 Å². The van der Waals surface area contributed by atoms with Crippen molar-refractivity contribution in [1.82, 2.24) is 16.0 Å². The Labute approximate surface area is 138 Å². The quantitative estimate of drug-likeness (QED) is 0.432. The number of carbonyl (C=O) groups excluding carboxylic acids is 3. The van der Waals surface area contributed by atoms with Crippen LogP contribution in [0.15, 0.2) is 24.3 Å². The van der Waals surface area contributed by atoms with Gasteiger partial charge in [0, 0.05) is 18.5 Å². The Balaban J connectivity index is 2.00. The first-order valence-corrected chi connectivity index (χ1v) is 7.57. The summed E-state index contributed by atoms with van der Waals surface area (Å²) in [4.78, 5) is 45.8. The van der Waals surface area contributed by atoms with Gasteiger partial charge in [-0.15, -0.1) is 0 Å². The number of hydrogen-bond acceptors (Lipinski definition) is 4. The molecule has 0 spiro atoms. The van der Waals surface area contributed by atoms with Gasteiger partial charge in [-0.1, -0.05) is 12.1 Å². The zero-order valence-corrected chi connectivity index (χ0v) is 13.2. The lowest BCUT2D eigenvalue weighted by atomic mass is 9.91. The standard InChI is InChI=1S/C16H19N3O5/c1-16(14(23)18-15(24)19-16)11-6-4-5-10(9-11)13(22)17-8-3-2-7-12(20)21/h4-6,9H,2-3,7-8H2,1H3,(H,17,22)(H,20,21)(H2,18,19,23,24). The van der Waals surface area contributed by atoms with Crippen molar-refractivity contribution in [2.24, 2.45) is 0 Å². The van der Waals surface area contributed by atoms with Crippen LogP contribution in [0.4, 0.5) is 4.79 Å². The minimum atomic E-state index is -1.21. The van der Waals surface area contributed by atoms with Crippen LogP contribution in [-0.4, -0.2) is 35.5 Å². The van der Waals surface area contributed by atoms with Gasteiger partial charge in [0.1, 0.15) is 5.54 Å². The maximum absolute atomic E-state index is 12.1. The summed E-state index contributed by atoms with van der Waals surface area (Å²) in [6.07, 6.45) is 1.12. The van der Waals surface area contributed by atoms with E-state index < -0.39 is 23.4 Å². The van der Waals surface area contributed by atoms with Crippen molar-refractivity contribution in [3.05, 3.63) is 35.4 Å². The Morgan fingerprint density at radius 3 is 2.62 bits per heavy atom. The molecule has 4 amide bonds. The number of carboxylic acids is 1. The van der Waals surface area contributed by atoms with Crippen molar-refractivity contribution in [3.8, 4) is 0 Å². The van der Waals surface area contributed by atoms with Crippen LogP contribution in [0, 0.1) is 0 Å². The van der Waals surface area contributed by atoms with Gasteiger partial charge in [0.2, 0.25) is 0 Å². The predicted molar refractivity (Wildman–Crippen MR) is 84.3 cm³/mol. The molecule has 1 aromatic rings. The summed E-state index contributed by atoms with van der Waals surface area (Å²) in [6.45, 7) is 1.93. The van der Waals surface area contributed by atoms with Crippen LogP contribution in [0.25, 0.3) is 0 Å². The molecule has 1 heterocycles. The molecular weight excluding hydrogens is 314 g/mol. The highest BCUT2D eigenvalue weighted by Gasteiger charge is 2.43. The van der Waals surface area contributed by atoms with Crippen LogP contribution in [0.5, 0.6) is 0 Å². The van der Waals surface area contributed by atoms with Crippen LogP contribution in [0.2, 0.25) is 0 Å². The summed E-state index contributed by atoms with van der Waals surface area (Å²) >= 11 is 0. The molecule has 0 saturated carbocycles. The van der Waals surface area contributed by atoms with E-state index in [4.69, 9.17) is 5.11 Å². The van der Waals surface area contributed by atoms with Gasteiger partial charge in [-0.05, 0) is 37.5 Å². The molecule has 2 rings (SSSR count). The monoisotopic (exact) mass is 333 g/mol. The van der Waals surface area contributed by atoms with Crippen LogP contribution in [0.3, 0.4) is 0 Å². The molecule has 1 aliphatic heterocycles. The topological polar surface area (TPSA) is 125 Å². The second-order valence-electron chi connectivity index (χ2n) is 5.72. The molecule has 24 heavy (non-hydrogen) atoms. The fraction of sp³-hybridized carbons (Fsp3) is 0.375. The maximum Gasteiger partial charge on any atom is 0.322 e. The average Bonchev–Trinajstić information content (AvgIpc) is 2.80. The van der Waals surface area contributed by atoms with Crippen LogP contribution in [-0.2, 0) is 15.1 Å². The molecule has 1 unspecified atom stereocenters. The fourth-order valence-electron chi connectivity index (χ4n) is 2.42. The molecule has 0 radical (unpaired) electrons. The normalized spacial score (nSPS) is 19.5. The Kier molecular flexibility index (Phi) is 5.18. The number of carboxylic acid groups (broad SMARTS) is 1. The predicted octanol–water partition coefficient (Wildman–Crippen LogP) is 0.726. The zero-order valence-electron chi connectivity index (χ0n) is 13.2. The number of nitrogens with one attached hydrogen (secondary N) is 3. The lowest BCUT2D eigenvalue weighted by Gasteiger charge is -2.21. The third-order valence-corrected chi connectivity index (χ3v) is 3.85. The Hall–Kier alpha value is -2.90. The molecule has 8 nitrogen and oxygen atoms in total. The molecule has 0 bridgehead atoms. The number of carbonyl (C=O) groups is 4. The van der Waals surface area contributed by atoms with Gasteiger partial charge < -0.3 is 15.7 Å². The molecule has 0 aromatic heterocycles. The van der Waals surface area contributed by atoms with Gasteiger partial charge in [0.15, 0.2) is 0 Å². The summed E-state index contributed by atoms with van der Waals surface area (Å²) in [5, 5.41) is 16.0. The molecule has 128 valence electrons.